The van der Waals surface area contributed by atoms with E-state index in [9.17, 15) is 0 Å². The van der Waals surface area contributed by atoms with Gasteiger partial charge in [0.25, 0.3) is 0 Å². The van der Waals surface area contributed by atoms with E-state index in [2.05, 4.69) is 0 Å². The summed E-state index contributed by atoms with van der Waals surface area (Å²) in [6.07, 6.45) is 25.7. The van der Waals surface area contributed by atoms with Gasteiger partial charge in [0.15, 0.2) is 0 Å². The van der Waals surface area contributed by atoms with E-state index in [1.165, 1.54) is 116 Å². The lowest BCUT2D eigenvalue weighted by atomic mass is 9.53. The summed E-state index contributed by atoms with van der Waals surface area (Å²) in [5.41, 5.74) is 19.9. The van der Waals surface area contributed by atoms with E-state index in [4.69, 9.17) is 17.2 Å². The molecule has 33 heavy (non-hydrogen) atoms. The lowest BCUT2D eigenvalue weighted by molar-refractivity contribution is 0.000167. The monoisotopic (exact) mass is 453 g/mol. The second-order valence-corrected chi connectivity index (χ2v) is 15.8. The summed E-state index contributed by atoms with van der Waals surface area (Å²) < 4.78 is 0. The van der Waals surface area contributed by atoms with Crippen LogP contribution < -0.4 is 17.2 Å². The van der Waals surface area contributed by atoms with Crippen LogP contribution in [-0.2, 0) is 0 Å². The van der Waals surface area contributed by atoms with Crippen LogP contribution >= 0.6 is 0 Å². The molecule has 3 heteroatoms. The maximum Gasteiger partial charge on any atom is 0.0162 e. The Balaban J connectivity index is 0.0000000864. The predicted molar refractivity (Wildman–Crippen MR) is 135 cm³/mol. The van der Waals surface area contributed by atoms with Gasteiger partial charge in [-0.1, -0.05) is 0 Å². The van der Waals surface area contributed by atoms with Crippen molar-refractivity contribution in [2.45, 2.75) is 132 Å². The van der Waals surface area contributed by atoms with Gasteiger partial charge in [0.05, 0.1) is 0 Å². The van der Waals surface area contributed by atoms with Crippen molar-refractivity contribution in [1.82, 2.24) is 0 Å². The molecule has 0 spiro atoms. The van der Waals surface area contributed by atoms with Gasteiger partial charge in [0, 0.05) is 16.6 Å². The van der Waals surface area contributed by atoms with Crippen molar-refractivity contribution in [2.75, 3.05) is 0 Å². The molecule has 0 amide bonds. The first-order valence-electron chi connectivity index (χ1n) is 15.1. The van der Waals surface area contributed by atoms with Gasteiger partial charge in [0.2, 0.25) is 0 Å². The van der Waals surface area contributed by atoms with Gasteiger partial charge >= 0.3 is 0 Å². The molecule has 12 bridgehead atoms. The van der Waals surface area contributed by atoms with Crippen molar-refractivity contribution in [3.63, 3.8) is 0 Å². The molecule has 0 aromatic heterocycles. The molecular formula is C30H51N3. The third-order valence-electron chi connectivity index (χ3n) is 12.3. The molecule has 0 saturated heterocycles. The number of nitrogens with two attached hydrogens (primary N) is 3. The molecule has 6 N–H and O–H groups in total. The molecule has 12 aliphatic carbocycles. The van der Waals surface area contributed by atoms with E-state index in [-0.39, 0.29) is 0 Å². The Morgan fingerprint density at radius 2 is 0.394 bits per heavy atom. The largest absolute Gasteiger partial charge is 0.325 e. The van der Waals surface area contributed by atoms with Crippen LogP contribution in [0.2, 0.25) is 0 Å². The summed E-state index contributed by atoms with van der Waals surface area (Å²) in [5.74, 6) is 9.18. The maximum atomic E-state index is 6.32. The highest BCUT2D eigenvalue weighted by Crippen LogP contribution is 2.56. The molecular weight excluding hydrogens is 402 g/mol. The second-order valence-electron chi connectivity index (χ2n) is 15.8. The van der Waals surface area contributed by atoms with E-state index in [1.807, 2.05) is 0 Å². The van der Waals surface area contributed by atoms with Crippen LogP contribution in [-0.4, -0.2) is 16.6 Å². The molecule has 0 aliphatic heterocycles. The van der Waals surface area contributed by atoms with Gasteiger partial charge in [-0.3, -0.25) is 0 Å². The predicted octanol–water partition coefficient (Wildman–Crippen LogP) is 5.74. The van der Waals surface area contributed by atoms with Crippen LogP contribution in [0.1, 0.15) is 116 Å². The Kier molecular flexibility index (Phi) is 5.15. The molecule has 0 unspecified atom stereocenters. The van der Waals surface area contributed by atoms with Gasteiger partial charge in [-0.2, -0.15) is 0 Å². The van der Waals surface area contributed by atoms with Crippen LogP contribution in [0.25, 0.3) is 0 Å². The van der Waals surface area contributed by atoms with E-state index >= 15 is 0 Å². The highest BCUT2D eigenvalue weighted by Gasteiger charge is 2.50. The van der Waals surface area contributed by atoms with Gasteiger partial charge in [-0.05, 0) is 169 Å². The van der Waals surface area contributed by atoms with Crippen molar-refractivity contribution in [3.05, 3.63) is 0 Å². The van der Waals surface area contributed by atoms with Crippen molar-refractivity contribution in [1.29, 1.82) is 0 Å². The van der Waals surface area contributed by atoms with Gasteiger partial charge in [-0.25, -0.2) is 0 Å². The van der Waals surface area contributed by atoms with E-state index in [0.717, 1.165) is 53.3 Å². The lowest BCUT2D eigenvalue weighted by Crippen LogP contribution is -2.55. The first kappa shape index (κ1) is 22.1. The van der Waals surface area contributed by atoms with Crippen molar-refractivity contribution in [3.8, 4) is 0 Å². The van der Waals surface area contributed by atoms with Gasteiger partial charge in [-0.15, -0.1) is 0 Å². The van der Waals surface area contributed by atoms with E-state index < -0.39 is 0 Å². The summed E-state index contributed by atoms with van der Waals surface area (Å²) in [7, 11) is 0. The molecule has 0 radical (unpaired) electrons. The fraction of sp³-hybridized carbons (Fsp3) is 1.00. The first-order chi connectivity index (χ1) is 15.7. The van der Waals surface area contributed by atoms with Crippen molar-refractivity contribution >= 4 is 0 Å². The minimum absolute atomic E-state index is 0.300. The summed E-state index contributed by atoms with van der Waals surface area (Å²) in [6, 6.07) is 0. The van der Waals surface area contributed by atoms with Crippen LogP contribution in [0.4, 0.5) is 0 Å². The summed E-state index contributed by atoms with van der Waals surface area (Å²) in [5, 5.41) is 0. The Bertz CT molecular complexity index is 550. The molecule has 12 saturated carbocycles. The van der Waals surface area contributed by atoms with E-state index in [1.54, 1.807) is 0 Å². The maximum absolute atomic E-state index is 6.32. The van der Waals surface area contributed by atoms with Gasteiger partial charge in [0.1, 0.15) is 0 Å². The second kappa shape index (κ2) is 7.69. The lowest BCUT2D eigenvalue weighted by Gasteiger charge is -2.55. The minimum atomic E-state index is 0.300. The zero-order valence-electron chi connectivity index (χ0n) is 21.2. The quantitative estimate of drug-likeness (QED) is 0.437. The number of rotatable bonds is 0. The average Bonchev–Trinajstić information content (AvgIpc) is 2.63. The third-order valence-corrected chi connectivity index (χ3v) is 12.3. The average molecular weight is 454 g/mol. The van der Waals surface area contributed by atoms with Crippen molar-refractivity contribution < 1.29 is 0 Å². The molecule has 0 heterocycles. The minimum Gasteiger partial charge on any atom is -0.325 e. The van der Waals surface area contributed by atoms with Crippen molar-refractivity contribution in [2.24, 2.45) is 70.5 Å². The van der Waals surface area contributed by atoms with Crippen LogP contribution in [0.3, 0.4) is 0 Å². The molecule has 0 aromatic carbocycles. The SMILES string of the molecule is NC12CC3CC(CC(C3)C1)C2.NC12CC3CC(CC(C3)C1)C2.NC12CC3CC(CC(C3)C1)C2. The summed E-state index contributed by atoms with van der Waals surface area (Å²) in [4.78, 5) is 0. The fourth-order valence-electron chi connectivity index (χ4n) is 12.5. The first-order valence-corrected chi connectivity index (χ1v) is 15.1. The Morgan fingerprint density at radius 1 is 0.273 bits per heavy atom. The van der Waals surface area contributed by atoms with Crippen LogP contribution in [0, 0.1) is 53.3 Å². The smallest absolute Gasteiger partial charge is 0.0162 e. The molecule has 0 aromatic rings. The molecule has 12 fully saturated rings. The molecule has 186 valence electrons. The Morgan fingerprint density at radius 3 is 0.485 bits per heavy atom. The third kappa shape index (κ3) is 4.35. The topological polar surface area (TPSA) is 78.1 Å². The van der Waals surface area contributed by atoms with Crippen LogP contribution in [0.15, 0.2) is 0 Å². The summed E-state index contributed by atoms with van der Waals surface area (Å²) in [6.45, 7) is 0. The Hall–Kier alpha value is -0.120. The molecule has 0 atom stereocenters. The van der Waals surface area contributed by atoms with E-state index in [0.29, 0.717) is 16.6 Å². The normalized spacial score (nSPS) is 60.3. The molecule has 12 aliphatic rings. The zero-order chi connectivity index (χ0) is 22.4. The van der Waals surface area contributed by atoms with Gasteiger partial charge < -0.3 is 17.2 Å². The molecule has 12 rings (SSSR count). The highest BCUT2D eigenvalue weighted by atomic mass is 14.8. The zero-order valence-corrected chi connectivity index (χ0v) is 21.2. The molecule has 3 nitrogen and oxygen atoms in total. The Labute approximate surface area is 202 Å². The highest BCUT2D eigenvalue weighted by molar-refractivity contribution is 5.06. The standard InChI is InChI=1S/3C10H17N/c3*11-10-4-7-1-8(5-10)3-9(2-7)6-10/h3*7-9H,1-6,11H2. The fourth-order valence-corrected chi connectivity index (χ4v) is 12.5. The number of hydrogen-bond acceptors (Lipinski definition) is 3. The van der Waals surface area contributed by atoms with Crippen LogP contribution in [0.5, 0.6) is 0 Å². The number of hydrogen-bond donors (Lipinski definition) is 3. The summed E-state index contributed by atoms with van der Waals surface area (Å²) >= 11 is 0.